The number of rotatable bonds is 7. The second-order valence-corrected chi connectivity index (χ2v) is 17.6. The maximum atomic E-state index is 5.64. The molecular formula is C61H45N5. The number of fused-ring (bicyclic) bond motifs is 6. The Labute approximate surface area is 384 Å². The molecule has 0 aliphatic heterocycles. The summed E-state index contributed by atoms with van der Waals surface area (Å²) in [4.78, 5) is 16.5. The molecule has 0 aliphatic rings. The van der Waals surface area contributed by atoms with E-state index in [0.29, 0.717) is 17.5 Å². The summed E-state index contributed by atoms with van der Waals surface area (Å²) in [6.45, 7) is 8.67. The summed E-state index contributed by atoms with van der Waals surface area (Å²) in [7, 11) is 0. The summed E-state index contributed by atoms with van der Waals surface area (Å²) in [5, 5.41) is 4.84. The molecule has 9 aromatic carbocycles. The molecule has 0 saturated carbocycles. The third kappa shape index (κ3) is 6.50. The zero-order valence-corrected chi connectivity index (χ0v) is 37.3. The van der Waals surface area contributed by atoms with Crippen molar-refractivity contribution in [2.45, 2.75) is 27.7 Å². The first kappa shape index (κ1) is 39.2. The summed E-state index contributed by atoms with van der Waals surface area (Å²) in [6, 6.07) is 71.8. The molecular weight excluding hydrogens is 803 g/mol. The van der Waals surface area contributed by atoms with E-state index in [4.69, 9.17) is 15.0 Å². The van der Waals surface area contributed by atoms with E-state index < -0.39 is 0 Å². The van der Waals surface area contributed by atoms with Gasteiger partial charge in [-0.1, -0.05) is 162 Å². The highest BCUT2D eigenvalue weighted by Gasteiger charge is 2.26. The number of benzene rings is 9. The van der Waals surface area contributed by atoms with Gasteiger partial charge in [0.15, 0.2) is 17.5 Å². The Morgan fingerprint density at radius 1 is 0.273 bits per heavy atom. The Bertz CT molecular complexity index is 3490. The van der Waals surface area contributed by atoms with Crippen molar-refractivity contribution >= 4 is 43.6 Å². The summed E-state index contributed by atoms with van der Waals surface area (Å²) in [5.74, 6) is 1.78. The molecule has 12 aromatic rings. The van der Waals surface area contributed by atoms with Crippen LogP contribution in [0.1, 0.15) is 22.3 Å². The van der Waals surface area contributed by atoms with Crippen LogP contribution in [0.15, 0.2) is 200 Å². The molecule has 0 spiro atoms. The van der Waals surface area contributed by atoms with Crippen LogP contribution in [-0.2, 0) is 0 Å². The van der Waals surface area contributed by atoms with Crippen molar-refractivity contribution in [1.82, 2.24) is 24.1 Å². The fourth-order valence-electron chi connectivity index (χ4n) is 9.95. The van der Waals surface area contributed by atoms with Crippen LogP contribution in [0, 0.1) is 27.7 Å². The van der Waals surface area contributed by atoms with Crippen LogP contribution >= 0.6 is 0 Å². The molecule has 0 N–H and O–H groups in total. The molecule has 314 valence electrons. The minimum Gasteiger partial charge on any atom is -0.308 e. The van der Waals surface area contributed by atoms with Crippen molar-refractivity contribution in [3.05, 3.63) is 222 Å². The van der Waals surface area contributed by atoms with Gasteiger partial charge in [-0.2, -0.15) is 0 Å². The lowest BCUT2D eigenvalue weighted by molar-refractivity contribution is 1.06. The van der Waals surface area contributed by atoms with Gasteiger partial charge in [-0.15, -0.1) is 0 Å². The Morgan fingerprint density at radius 2 is 0.576 bits per heavy atom. The molecule has 0 amide bonds. The van der Waals surface area contributed by atoms with Crippen molar-refractivity contribution in [2.24, 2.45) is 0 Å². The summed E-state index contributed by atoms with van der Waals surface area (Å²) < 4.78 is 4.85. The average molecular weight is 848 g/mol. The number of aryl methyl sites for hydroxylation is 4. The third-order valence-corrected chi connectivity index (χ3v) is 13.0. The largest absolute Gasteiger partial charge is 0.308 e. The van der Waals surface area contributed by atoms with Crippen molar-refractivity contribution in [1.29, 1.82) is 0 Å². The highest BCUT2D eigenvalue weighted by molar-refractivity contribution is 6.12. The van der Waals surface area contributed by atoms with Crippen LogP contribution in [0.5, 0.6) is 0 Å². The predicted molar refractivity (Wildman–Crippen MR) is 275 cm³/mol. The number of aromatic nitrogens is 5. The number of para-hydroxylation sites is 2. The smallest absolute Gasteiger partial charge is 0.166 e. The second kappa shape index (κ2) is 15.7. The minimum absolute atomic E-state index is 0.588. The first-order valence-electron chi connectivity index (χ1n) is 22.6. The van der Waals surface area contributed by atoms with E-state index in [1.54, 1.807) is 0 Å². The van der Waals surface area contributed by atoms with Gasteiger partial charge in [0.2, 0.25) is 0 Å². The van der Waals surface area contributed by atoms with Crippen LogP contribution < -0.4 is 0 Å². The Balaban J connectivity index is 1.21. The van der Waals surface area contributed by atoms with E-state index in [0.717, 1.165) is 72.4 Å². The average Bonchev–Trinajstić information content (AvgIpc) is 3.84. The Morgan fingerprint density at radius 3 is 0.924 bits per heavy atom. The van der Waals surface area contributed by atoms with E-state index in [2.05, 4.69) is 219 Å². The Kier molecular flexibility index (Phi) is 9.32. The van der Waals surface area contributed by atoms with Crippen LogP contribution in [-0.4, -0.2) is 24.1 Å². The molecule has 0 unspecified atom stereocenters. The van der Waals surface area contributed by atoms with Crippen LogP contribution in [0.2, 0.25) is 0 Å². The molecule has 12 rings (SSSR count). The van der Waals surface area contributed by atoms with Gasteiger partial charge in [0.25, 0.3) is 0 Å². The van der Waals surface area contributed by atoms with Gasteiger partial charge in [0.1, 0.15) is 0 Å². The lowest BCUT2D eigenvalue weighted by atomic mass is 9.98. The maximum absolute atomic E-state index is 5.64. The van der Waals surface area contributed by atoms with Crippen LogP contribution in [0.4, 0.5) is 0 Å². The maximum Gasteiger partial charge on any atom is 0.166 e. The SMILES string of the molecule is Cc1ccc2c(c1)c1cc(C)ccc1n2-c1c(-c2ccccc2)cccc1-c1nc(-c2ccccc2)nc(-c2cccc(-c3ccccc3)c2-n2c3ccc(C)cc3c3cc(C)ccc32)n1. The normalized spacial score (nSPS) is 11.6. The highest BCUT2D eigenvalue weighted by atomic mass is 15.1. The van der Waals surface area contributed by atoms with Crippen LogP contribution in [0.3, 0.4) is 0 Å². The second-order valence-electron chi connectivity index (χ2n) is 17.6. The summed E-state index contributed by atoms with van der Waals surface area (Å²) in [6.07, 6.45) is 0. The van der Waals surface area contributed by atoms with Gasteiger partial charge >= 0.3 is 0 Å². The molecule has 3 heterocycles. The third-order valence-electron chi connectivity index (χ3n) is 13.0. The molecule has 3 aromatic heterocycles. The molecule has 0 fully saturated rings. The number of hydrogen-bond acceptors (Lipinski definition) is 3. The zero-order chi connectivity index (χ0) is 44.5. The molecule has 5 heteroatoms. The molecule has 0 saturated heterocycles. The molecule has 0 aliphatic carbocycles. The molecule has 0 radical (unpaired) electrons. The van der Waals surface area contributed by atoms with Gasteiger partial charge in [0, 0.05) is 49.4 Å². The standard InChI is InChI=1S/C61H45N5/c1-38-26-30-53-49(34-38)50-35-39(2)27-31-54(50)65(53)57-45(42-16-8-5-9-17-42)22-14-24-47(57)60-62-59(44-20-12-7-13-21-44)63-61(64-60)48-25-15-23-46(43-18-10-6-11-19-43)58(48)66-55-32-28-40(3)36-51(55)52-37-41(4)29-33-56(52)66/h5-37H,1-4H3. The fraction of sp³-hybridized carbons (Fsp3) is 0.0656. The highest BCUT2D eigenvalue weighted by Crippen LogP contribution is 2.44. The molecule has 0 bridgehead atoms. The summed E-state index contributed by atoms with van der Waals surface area (Å²) >= 11 is 0. The van der Waals surface area contributed by atoms with Gasteiger partial charge in [-0.3, -0.25) is 0 Å². The van der Waals surface area contributed by atoms with Gasteiger partial charge in [0.05, 0.1) is 33.4 Å². The lowest BCUT2D eigenvalue weighted by Crippen LogP contribution is -2.07. The van der Waals surface area contributed by atoms with Crippen molar-refractivity contribution in [2.75, 3.05) is 0 Å². The minimum atomic E-state index is 0.588. The molecule has 66 heavy (non-hydrogen) atoms. The molecule has 5 nitrogen and oxygen atoms in total. The van der Waals surface area contributed by atoms with Crippen LogP contribution in [0.25, 0.3) is 111 Å². The van der Waals surface area contributed by atoms with Gasteiger partial charge in [-0.05, 0) is 99.5 Å². The number of hydrogen-bond donors (Lipinski definition) is 0. The first-order chi connectivity index (χ1) is 32.4. The number of nitrogens with zero attached hydrogens (tertiary/aromatic N) is 5. The van der Waals surface area contributed by atoms with Gasteiger partial charge in [-0.25, -0.2) is 15.0 Å². The van der Waals surface area contributed by atoms with Crippen molar-refractivity contribution in [3.63, 3.8) is 0 Å². The molecule has 0 atom stereocenters. The lowest BCUT2D eigenvalue weighted by Gasteiger charge is -2.20. The predicted octanol–water partition coefficient (Wildman–Crippen LogP) is 15.6. The zero-order valence-electron chi connectivity index (χ0n) is 37.3. The van der Waals surface area contributed by atoms with E-state index in [1.807, 2.05) is 18.2 Å². The van der Waals surface area contributed by atoms with Crippen molar-refractivity contribution < 1.29 is 0 Å². The van der Waals surface area contributed by atoms with Crippen molar-refractivity contribution in [3.8, 4) is 67.8 Å². The van der Waals surface area contributed by atoms with E-state index >= 15 is 0 Å². The van der Waals surface area contributed by atoms with E-state index in [9.17, 15) is 0 Å². The fourth-order valence-corrected chi connectivity index (χ4v) is 9.95. The quantitative estimate of drug-likeness (QED) is 0.161. The summed E-state index contributed by atoms with van der Waals surface area (Å²) in [5.41, 5.74) is 18.5. The Hall–Kier alpha value is -8.41. The first-order valence-corrected chi connectivity index (χ1v) is 22.6. The van der Waals surface area contributed by atoms with Gasteiger partial charge < -0.3 is 9.13 Å². The monoisotopic (exact) mass is 847 g/mol. The van der Waals surface area contributed by atoms with E-state index in [-0.39, 0.29) is 0 Å². The van der Waals surface area contributed by atoms with E-state index in [1.165, 1.54) is 43.8 Å². The topological polar surface area (TPSA) is 48.5 Å².